The summed E-state index contributed by atoms with van der Waals surface area (Å²) < 4.78 is 50.1. The van der Waals surface area contributed by atoms with Crippen LogP contribution in [0.4, 0.5) is 0 Å². The normalized spacial score (nSPS) is 44.3. The van der Waals surface area contributed by atoms with Crippen molar-refractivity contribution in [3.8, 4) is 0 Å². The summed E-state index contributed by atoms with van der Waals surface area (Å²) in [6.45, 7) is 1.51. The lowest BCUT2D eigenvalue weighted by Gasteiger charge is -2.51. The Bertz CT molecular complexity index is 1900. The van der Waals surface area contributed by atoms with Crippen LogP contribution < -0.4 is 42.5 Å². The van der Waals surface area contributed by atoms with Gasteiger partial charge in [0.25, 0.3) is 0 Å². The average Bonchev–Trinajstić information content (AvgIpc) is 4.29. The molecular formula is C49H82N8O20. The van der Waals surface area contributed by atoms with E-state index in [1.165, 1.54) is 0 Å². The monoisotopic (exact) mass is 1100 g/mol. The summed E-state index contributed by atoms with van der Waals surface area (Å²) in [5.74, 6) is -1.60. The average molecular weight is 1100 g/mol. The maximum Gasteiger partial charge on any atom is 0.221 e. The third kappa shape index (κ3) is 14.8. The number of nitrogens with one attached hydrogen (secondary N) is 8. The molecule has 438 valence electrons. The molecule has 28 heteroatoms. The molecule has 18 aliphatic rings. The van der Waals surface area contributed by atoms with Crippen molar-refractivity contribution in [1.29, 1.82) is 0 Å². The molecule has 18 heterocycles. The minimum Gasteiger partial charge on any atom is -0.387 e. The number of ether oxygens (including phenoxy) is 8. The van der Waals surface area contributed by atoms with Gasteiger partial charge in [0.2, 0.25) is 23.6 Å². The first-order chi connectivity index (χ1) is 37.1. The van der Waals surface area contributed by atoms with Gasteiger partial charge < -0.3 is 121 Å². The summed E-state index contributed by atoms with van der Waals surface area (Å²) in [5, 5.41) is 119. The molecule has 0 aromatic heterocycles. The lowest BCUT2D eigenvalue weighted by molar-refractivity contribution is -0.399. The summed E-state index contributed by atoms with van der Waals surface area (Å²) in [7, 11) is 0. The highest BCUT2D eigenvalue weighted by Crippen LogP contribution is 2.37. The SMILES string of the molecule is O=C(CCC1CCCN1)NC[C@@H]1O[C@H]2O[C@@H]3[C@@H](O)[C@H](O)[C@H](O[C@@H]4[C@@H](O)[C@H](O)[C@H](O[C@@H]5[C@@H](O)[C@H](O)[C@H](O[C@@H]1[C@@H](O)[C@@H]2O)O[C@H]5CNC(=O)CC1CCCN1)O[C@H]4CNC(=O)CC1CCCN1)O[C@H]3CNC(=O)CC1CCCN1. The van der Waals surface area contributed by atoms with Crippen LogP contribution in [0, 0.1) is 0 Å². The minimum absolute atomic E-state index is 0.0908. The van der Waals surface area contributed by atoms with Crippen LogP contribution in [0.2, 0.25) is 0 Å². The summed E-state index contributed by atoms with van der Waals surface area (Å²) in [5.41, 5.74) is 0. The van der Waals surface area contributed by atoms with Crippen LogP contribution in [0.15, 0.2) is 0 Å². The van der Waals surface area contributed by atoms with Gasteiger partial charge in [0.1, 0.15) is 97.7 Å². The van der Waals surface area contributed by atoms with Gasteiger partial charge in [-0.15, -0.1) is 0 Å². The Morgan fingerprint density at radius 1 is 0.351 bits per heavy atom. The van der Waals surface area contributed by atoms with E-state index in [1.54, 1.807) is 0 Å². The molecule has 18 saturated heterocycles. The van der Waals surface area contributed by atoms with Crippen molar-refractivity contribution in [2.75, 3.05) is 52.4 Å². The highest BCUT2D eigenvalue weighted by molar-refractivity contribution is 5.77. The molecule has 77 heavy (non-hydrogen) atoms. The molecular weight excluding hydrogens is 1020 g/mol. The third-order valence-corrected chi connectivity index (χ3v) is 16.4. The topological polar surface area (TPSA) is 400 Å². The molecule has 0 aromatic carbocycles. The maximum absolute atomic E-state index is 13.3. The van der Waals surface area contributed by atoms with Crippen LogP contribution >= 0.6 is 0 Å². The molecule has 0 aliphatic carbocycles. The number of hydrogen-bond donors (Lipinski definition) is 16. The number of hydrogen-bond acceptors (Lipinski definition) is 24. The number of carbonyl (C=O) groups is 4. The van der Waals surface area contributed by atoms with Crippen LogP contribution in [-0.4, -0.2) is 264 Å². The van der Waals surface area contributed by atoms with Gasteiger partial charge in [-0.3, -0.25) is 19.2 Å². The Morgan fingerprint density at radius 2 is 0.610 bits per heavy atom. The number of aliphatic hydroxyl groups excluding tert-OH is 8. The van der Waals surface area contributed by atoms with Gasteiger partial charge in [0, 0.05) is 76.0 Å². The Hall–Kier alpha value is -2.92. The van der Waals surface area contributed by atoms with Crippen molar-refractivity contribution in [3.05, 3.63) is 0 Å². The first kappa shape index (κ1) is 58.7. The van der Waals surface area contributed by atoms with E-state index in [4.69, 9.17) is 37.9 Å². The van der Waals surface area contributed by atoms with E-state index in [0.717, 1.165) is 77.5 Å². The fourth-order valence-electron chi connectivity index (χ4n) is 12.0. The van der Waals surface area contributed by atoms with Crippen LogP contribution in [0.25, 0.3) is 0 Å². The molecule has 24 atom stereocenters. The van der Waals surface area contributed by atoms with E-state index >= 15 is 0 Å². The van der Waals surface area contributed by atoms with Gasteiger partial charge in [-0.25, -0.2) is 0 Å². The van der Waals surface area contributed by atoms with Gasteiger partial charge in [0.15, 0.2) is 25.2 Å². The van der Waals surface area contributed by atoms with Gasteiger partial charge >= 0.3 is 0 Å². The largest absolute Gasteiger partial charge is 0.387 e. The molecule has 16 N–H and O–H groups in total. The lowest BCUT2D eigenvalue weighted by Crippen LogP contribution is -2.70. The molecule has 18 aliphatic heterocycles. The van der Waals surface area contributed by atoms with Crippen molar-refractivity contribution in [3.63, 3.8) is 0 Å². The van der Waals surface area contributed by atoms with Crippen LogP contribution in [0.3, 0.4) is 0 Å². The molecule has 18 rings (SSSR count). The molecule has 28 nitrogen and oxygen atoms in total. The van der Waals surface area contributed by atoms with Crippen molar-refractivity contribution in [2.45, 2.75) is 230 Å². The standard InChI is InChI=1S/C49H82N8O20/c58-30(10-9-22-5-1-11-50-22)54-18-26-42-34(62)38(66)46(70-26)75-43-27(19-55-31(59)15-23-6-2-12-51-23)72-48(40(68)36(43)64)77-45-29(21-57-33(61)17-25-8-4-14-53-25)73-49(41(69)37(45)65)76-44-28(71-47(74-42)39(67)35(44)63)20-56-32(60)16-24-7-3-13-52-24/h22-29,34-53,62-69H,1-21H2,(H,54,58)(H,55,59)(H,56,60)(H,57,61)/t22?,23?,24?,25?,26-,27-,28-,29-,34-,35-,36-,37-,38-,39-,40-,41-,42-,43-,44-,45-,46-,47-,48-,49-/m0/s1. The molecule has 18 fully saturated rings. The lowest BCUT2D eigenvalue weighted by atomic mass is 9.94. The number of amides is 4. The Morgan fingerprint density at radius 3 is 0.870 bits per heavy atom. The minimum atomic E-state index is -2.03. The zero-order chi connectivity index (χ0) is 54.3. The van der Waals surface area contributed by atoms with Gasteiger partial charge in [-0.2, -0.15) is 0 Å². The van der Waals surface area contributed by atoms with Gasteiger partial charge in [-0.1, -0.05) is 0 Å². The van der Waals surface area contributed by atoms with Gasteiger partial charge in [-0.05, 0) is 84.0 Å². The van der Waals surface area contributed by atoms with Crippen LogP contribution in [0.1, 0.15) is 83.5 Å². The fraction of sp³-hybridized carbons (Fsp3) is 0.918. The van der Waals surface area contributed by atoms with Crippen LogP contribution in [-0.2, 0) is 57.1 Å². The Balaban J connectivity index is 1.03. The summed E-state index contributed by atoms with van der Waals surface area (Å²) in [6.07, 6.45) is -28.2. The summed E-state index contributed by atoms with van der Waals surface area (Å²) in [6, 6.07) is -0.159. The predicted molar refractivity (Wildman–Crippen MR) is 261 cm³/mol. The van der Waals surface area contributed by atoms with E-state index < -0.39 is 146 Å². The third-order valence-electron chi connectivity index (χ3n) is 16.4. The fourth-order valence-corrected chi connectivity index (χ4v) is 12.0. The second-order valence-corrected chi connectivity index (χ2v) is 22.0. The molecule has 0 saturated carbocycles. The molecule has 0 radical (unpaired) electrons. The summed E-state index contributed by atoms with van der Waals surface area (Å²) in [4.78, 5) is 53.3. The zero-order valence-corrected chi connectivity index (χ0v) is 43.2. The van der Waals surface area contributed by atoms with E-state index in [0.29, 0.717) is 6.42 Å². The van der Waals surface area contributed by atoms with Crippen molar-refractivity contribution in [1.82, 2.24) is 42.5 Å². The summed E-state index contributed by atoms with van der Waals surface area (Å²) >= 11 is 0. The Labute approximate surface area is 446 Å². The van der Waals surface area contributed by atoms with Crippen molar-refractivity contribution in [2.24, 2.45) is 0 Å². The smallest absolute Gasteiger partial charge is 0.221 e. The number of aliphatic hydroxyl groups is 8. The molecule has 4 unspecified atom stereocenters. The quantitative estimate of drug-likeness (QED) is 0.0643. The highest BCUT2D eigenvalue weighted by Gasteiger charge is 2.57. The first-order valence-corrected chi connectivity index (χ1v) is 27.8. The second-order valence-electron chi connectivity index (χ2n) is 22.0. The number of carbonyl (C=O) groups excluding carboxylic acids is 4. The molecule has 8 bridgehead atoms. The predicted octanol–water partition coefficient (Wildman–Crippen LogP) is -7.25. The van der Waals surface area contributed by atoms with E-state index in [1.807, 2.05) is 0 Å². The zero-order valence-electron chi connectivity index (χ0n) is 43.2. The van der Waals surface area contributed by atoms with Crippen molar-refractivity contribution < 1.29 is 97.9 Å². The van der Waals surface area contributed by atoms with Gasteiger partial charge in [0.05, 0.1) is 0 Å². The Kier molecular flexibility index (Phi) is 20.8. The molecule has 0 spiro atoms. The second kappa shape index (κ2) is 27.2. The number of rotatable bonds is 17. The molecule has 4 amide bonds. The highest BCUT2D eigenvalue weighted by atomic mass is 16.8. The van der Waals surface area contributed by atoms with E-state index in [2.05, 4.69) is 42.5 Å². The van der Waals surface area contributed by atoms with E-state index in [-0.39, 0.29) is 76.0 Å². The first-order valence-electron chi connectivity index (χ1n) is 27.8. The molecule has 0 aromatic rings. The maximum atomic E-state index is 13.3. The van der Waals surface area contributed by atoms with Crippen molar-refractivity contribution >= 4 is 23.6 Å². The van der Waals surface area contributed by atoms with Crippen LogP contribution in [0.5, 0.6) is 0 Å². The van der Waals surface area contributed by atoms with E-state index in [9.17, 15) is 60.0 Å².